The van der Waals surface area contributed by atoms with Gasteiger partial charge >= 0.3 is 5.97 Å². The molecule has 0 aliphatic rings. The highest BCUT2D eigenvalue weighted by Crippen LogP contribution is 2.18. The van der Waals surface area contributed by atoms with Crippen LogP contribution in [0.15, 0.2) is 48.5 Å². The molecular weight excluding hydrogens is 268 g/mol. The Balaban J connectivity index is 2.00. The number of carbonyl (C=O) groups excluding carboxylic acids is 1. The van der Waals surface area contributed by atoms with Gasteiger partial charge in [-0.3, -0.25) is 0 Å². The van der Waals surface area contributed by atoms with Crippen molar-refractivity contribution in [3.63, 3.8) is 0 Å². The van der Waals surface area contributed by atoms with E-state index in [1.807, 2.05) is 12.1 Å². The molecule has 0 aromatic heterocycles. The Morgan fingerprint density at radius 1 is 0.905 bits per heavy atom. The van der Waals surface area contributed by atoms with Crippen molar-refractivity contribution < 1.29 is 14.3 Å². The average molecular weight is 278 g/mol. The molecule has 2 aromatic carbocycles. The van der Waals surface area contributed by atoms with Gasteiger partial charge in [-0.05, 0) is 24.3 Å². The van der Waals surface area contributed by atoms with Crippen molar-refractivity contribution in [2.75, 3.05) is 6.61 Å². The second-order valence-electron chi connectivity index (χ2n) is 3.98. The van der Waals surface area contributed by atoms with Gasteiger partial charge in [-0.25, -0.2) is 4.79 Å². The molecule has 0 N–H and O–H groups in total. The standard InChI is InChI=1S/C16H10N2O3/c17-9-12-5-1-3-7-14(12)20-11-16(19)21-15-8-4-2-6-13(15)10-18/h1-8H,11H2. The molecule has 0 radical (unpaired) electrons. The molecule has 0 heterocycles. The lowest BCUT2D eigenvalue weighted by atomic mass is 10.2. The lowest BCUT2D eigenvalue weighted by Gasteiger charge is -2.08. The number of hydrogen-bond donors (Lipinski definition) is 0. The van der Waals surface area contributed by atoms with Crippen LogP contribution in [0.2, 0.25) is 0 Å². The highest BCUT2D eigenvalue weighted by atomic mass is 16.6. The molecule has 0 saturated heterocycles. The zero-order chi connectivity index (χ0) is 15.1. The van der Waals surface area contributed by atoms with Crippen molar-refractivity contribution in [2.45, 2.75) is 0 Å². The highest BCUT2D eigenvalue weighted by Gasteiger charge is 2.10. The van der Waals surface area contributed by atoms with Gasteiger partial charge in [-0.15, -0.1) is 0 Å². The van der Waals surface area contributed by atoms with Gasteiger partial charge in [0.05, 0.1) is 11.1 Å². The van der Waals surface area contributed by atoms with Gasteiger partial charge in [0.2, 0.25) is 0 Å². The second kappa shape index (κ2) is 6.74. The van der Waals surface area contributed by atoms with Crippen LogP contribution in [0, 0.1) is 22.7 Å². The molecule has 5 nitrogen and oxygen atoms in total. The summed E-state index contributed by atoms with van der Waals surface area (Å²) in [7, 11) is 0. The first-order valence-corrected chi connectivity index (χ1v) is 6.06. The van der Waals surface area contributed by atoms with E-state index < -0.39 is 5.97 Å². The van der Waals surface area contributed by atoms with E-state index >= 15 is 0 Å². The minimum Gasteiger partial charge on any atom is -0.481 e. The molecule has 21 heavy (non-hydrogen) atoms. The number of carbonyl (C=O) groups is 1. The van der Waals surface area contributed by atoms with E-state index in [0.717, 1.165) is 0 Å². The molecule has 0 saturated carbocycles. The maximum absolute atomic E-state index is 11.7. The summed E-state index contributed by atoms with van der Waals surface area (Å²) in [4.78, 5) is 11.7. The normalized spacial score (nSPS) is 9.24. The summed E-state index contributed by atoms with van der Waals surface area (Å²) in [6.45, 7) is -0.349. The van der Waals surface area contributed by atoms with Crippen molar-refractivity contribution in [3.8, 4) is 23.6 Å². The van der Waals surface area contributed by atoms with Crippen LogP contribution in [0.5, 0.6) is 11.5 Å². The third kappa shape index (κ3) is 3.59. The van der Waals surface area contributed by atoms with Crippen LogP contribution in [0.1, 0.15) is 11.1 Å². The van der Waals surface area contributed by atoms with Crippen LogP contribution in [-0.2, 0) is 4.79 Å². The van der Waals surface area contributed by atoms with E-state index in [0.29, 0.717) is 11.3 Å². The van der Waals surface area contributed by atoms with Crippen LogP contribution in [0.25, 0.3) is 0 Å². The summed E-state index contributed by atoms with van der Waals surface area (Å²) in [5.74, 6) is -0.155. The van der Waals surface area contributed by atoms with Crippen LogP contribution in [-0.4, -0.2) is 12.6 Å². The molecule has 0 bridgehead atoms. The summed E-state index contributed by atoms with van der Waals surface area (Å²) in [5, 5.41) is 17.8. The number of esters is 1. The first kappa shape index (κ1) is 14.1. The Hall–Kier alpha value is -3.31. The predicted octanol–water partition coefficient (Wildman–Crippen LogP) is 2.41. The number of hydrogen-bond acceptors (Lipinski definition) is 5. The molecule has 0 aliphatic heterocycles. The lowest BCUT2D eigenvalue weighted by molar-refractivity contribution is -0.136. The first-order chi connectivity index (χ1) is 10.2. The van der Waals surface area contributed by atoms with E-state index in [1.54, 1.807) is 42.5 Å². The van der Waals surface area contributed by atoms with Crippen molar-refractivity contribution in [1.82, 2.24) is 0 Å². The zero-order valence-corrected chi connectivity index (χ0v) is 10.9. The molecule has 0 spiro atoms. The Morgan fingerprint density at radius 2 is 1.43 bits per heavy atom. The molecule has 0 amide bonds. The molecular formula is C16H10N2O3. The van der Waals surface area contributed by atoms with Gasteiger partial charge in [0, 0.05) is 0 Å². The van der Waals surface area contributed by atoms with Gasteiger partial charge in [0.1, 0.15) is 23.6 Å². The number of rotatable bonds is 4. The minimum atomic E-state index is -0.648. The first-order valence-electron chi connectivity index (χ1n) is 6.06. The molecule has 0 atom stereocenters. The highest BCUT2D eigenvalue weighted by molar-refractivity contribution is 5.74. The fourth-order valence-corrected chi connectivity index (χ4v) is 1.62. The van der Waals surface area contributed by atoms with E-state index in [2.05, 4.69) is 0 Å². The molecule has 102 valence electrons. The number of nitrogens with zero attached hydrogens (tertiary/aromatic N) is 2. The summed E-state index contributed by atoms with van der Waals surface area (Å²) in [6.07, 6.45) is 0. The fraction of sp³-hybridized carbons (Fsp3) is 0.0625. The number of para-hydroxylation sites is 2. The van der Waals surface area contributed by atoms with Gasteiger partial charge in [-0.1, -0.05) is 24.3 Å². The van der Waals surface area contributed by atoms with Crippen molar-refractivity contribution in [1.29, 1.82) is 10.5 Å². The molecule has 0 aliphatic carbocycles. The van der Waals surface area contributed by atoms with Gasteiger partial charge < -0.3 is 9.47 Å². The summed E-state index contributed by atoms with van der Waals surface area (Å²) >= 11 is 0. The minimum absolute atomic E-state index is 0.183. The smallest absolute Gasteiger partial charge is 0.349 e. The van der Waals surface area contributed by atoms with Crippen molar-refractivity contribution >= 4 is 5.97 Å². The summed E-state index contributed by atoms with van der Waals surface area (Å²) < 4.78 is 10.3. The third-order valence-electron chi connectivity index (χ3n) is 2.58. The van der Waals surface area contributed by atoms with E-state index in [1.165, 1.54) is 6.07 Å². The van der Waals surface area contributed by atoms with Crippen molar-refractivity contribution in [3.05, 3.63) is 59.7 Å². The second-order valence-corrected chi connectivity index (χ2v) is 3.98. The van der Waals surface area contributed by atoms with E-state index in [4.69, 9.17) is 20.0 Å². The molecule has 2 rings (SSSR count). The van der Waals surface area contributed by atoms with Gasteiger partial charge in [0.15, 0.2) is 6.61 Å². The molecule has 5 heteroatoms. The van der Waals surface area contributed by atoms with E-state index in [9.17, 15) is 4.79 Å². The monoisotopic (exact) mass is 278 g/mol. The maximum atomic E-state index is 11.7. The van der Waals surface area contributed by atoms with Crippen molar-refractivity contribution in [2.24, 2.45) is 0 Å². The summed E-state index contributed by atoms with van der Waals surface area (Å²) in [5.41, 5.74) is 0.603. The Bertz CT molecular complexity index is 742. The van der Waals surface area contributed by atoms with E-state index in [-0.39, 0.29) is 17.9 Å². The van der Waals surface area contributed by atoms with Gasteiger partial charge in [-0.2, -0.15) is 10.5 Å². The molecule has 0 fully saturated rings. The van der Waals surface area contributed by atoms with Crippen LogP contribution >= 0.6 is 0 Å². The SMILES string of the molecule is N#Cc1ccccc1OCC(=O)Oc1ccccc1C#N. The number of nitriles is 2. The quantitative estimate of drug-likeness (QED) is 0.633. The zero-order valence-electron chi connectivity index (χ0n) is 10.9. The third-order valence-corrected chi connectivity index (χ3v) is 2.58. The lowest BCUT2D eigenvalue weighted by Crippen LogP contribution is -2.18. The molecule has 2 aromatic rings. The average Bonchev–Trinajstić information content (AvgIpc) is 2.53. The van der Waals surface area contributed by atoms with Gasteiger partial charge in [0.25, 0.3) is 0 Å². The van der Waals surface area contributed by atoms with Crippen LogP contribution < -0.4 is 9.47 Å². The largest absolute Gasteiger partial charge is 0.481 e. The Kier molecular flexibility index (Phi) is 4.53. The van der Waals surface area contributed by atoms with Crippen LogP contribution in [0.4, 0.5) is 0 Å². The summed E-state index contributed by atoms with van der Waals surface area (Å²) in [6, 6.07) is 16.9. The topological polar surface area (TPSA) is 83.1 Å². The predicted molar refractivity (Wildman–Crippen MR) is 73.4 cm³/mol. The molecule has 0 unspecified atom stereocenters. The number of benzene rings is 2. The Labute approximate surface area is 121 Å². The fourth-order valence-electron chi connectivity index (χ4n) is 1.62. The van der Waals surface area contributed by atoms with Crippen LogP contribution in [0.3, 0.4) is 0 Å². The maximum Gasteiger partial charge on any atom is 0.349 e. The number of ether oxygens (including phenoxy) is 2. The Morgan fingerprint density at radius 3 is 2.05 bits per heavy atom.